The van der Waals surface area contributed by atoms with Crippen LogP contribution in [0.15, 0.2) is 161 Å². The zero-order valence-corrected chi connectivity index (χ0v) is 78.3. The number of nitrogens with zero attached hydrogens (tertiary/aromatic N) is 2. The van der Waals surface area contributed by atoms with Gasteiger partial charge < -0.3 is 31.6 Å². The van der Waals surface area contributed by atoms with Gasteiger partial charge in [-0.05, 0) is 199 Å². The second kappa shape index (κ2) is 50.0. The Balaban J connectivity index is 0.000000310. The quantitative estimate of drug-likeness (QED) is 0.00985. The van der Waals surface area contributed by atoms with Gasteiger partial charge in [-0.2, -0.15) is 0 Å². The van der Waals surface area contributed by atoms with Crippen LogP contribution in [0.25, 0.3) is 22.1 Å². The Hall–Kier alpha value is -10.2. The third kappa shape index (κ3) is 34.1. The molecule has 686 valence electrons. The first-order valence-electron chi connectivity index (χ1n) is 36.4. The number of anilines is 7. The van der Waals surface area contributed by atoms with Crippen LogP contribution in [0.4, 0.5) is 70.5 Å². The predicted molar refractivity (Wildman–Crippen MR) is 487 cm³/mol. The molecule has 11 aromatic rings. The molecular formula is C79H79Br2Cl5F7N11O18S5. The first-order chi connectivity index (χ1) is 59.2. The summed E-state index contributed by atoms with van der Waals surface area (Å²) in [7, 11) is -18.2. The van der Waals surface area contributed by atoms with Gasteiger partial charge in [-0.1, -0.05) is 99.2 Å². The maximum absolute atomic E-state index is 14.8. The molecule has 0 aliphatic heterocycles. The highest BCUT2D eigenvalue weighted by Gasteiger charge is 2.26. The van der Waals surface area contributed by atoms with Crippen molar-refractivity contribution in [3.8, 4) is 0 Å². The SMILES string of the molecule is Brc1cnc2[nH]ccc2c1.CC(=O)c1c(Cl)ccc(N)c1F.CCCS(=O)(=O)Nc1ccc(Cl)c(C(=O)O)c1F.CCCS(=O)(=O)Nc1ccc(Cl)c(C(C)=O)c1F.CCCS(=O)(=O)Nc1cccc(C(=O)Cl)c1F.CCCS(=O)(=O)Nc1cccc(C(=O)O)c1F.CCCS(=O)(=O)Nc1cccc(C(=O)c2c[nH]c3ncc(Br)cc23)c1F.Nc1ccc(Cl)cc1F. The number of H-pyrrole nitrogens is 2. The molecule has 7 aromatic carbocycles. The van der Waals surface area contributed by atoms with Gasteiger partial charge in [0, 0.05) is 55.1 Å². The molecule has 0 spiro atoms. The molecule has 0 amide bonds. The lowest BCUT2D eigenvalue weighted by atomic mass is 10.0. The van der Waals surface area contributed by atoms with Crippen molar-refractivity contribution in [3.05, 3.63) is 261 Å². The molecule has 0 unspecified atom stereocenters. The number of aromatic carboxylic acids is 2. The van der Waals surface area contributed by atoms with Gasteiger partial charge in [0.25, 0.3) is 5.24 Å². The minimum atomic E-state index is -3.69. The number of pyridine rings is 2. The maximum atomic E-state index is 14.8. The number of hydrogen-bond donors (Lipinski definition) is 11. The van der Waals surface area contributed by atoms with E-state index in [4.69, 9.17) is 79.7 Å². The van der Waals surface area contributed by atoms with Crippen molar-refractivity contribution >= 4 is 236 Å². The van der Waals surface area contributed by atoms with Gasteiger partial charge in [-0.15, -0.1) is 0 Å². The topological polar surface area (TPSA) is 483 Å². The van der Waals surface area contributed by atoms with Gasteiger partial charge in [0.05, 0.1) is 111 Å². The smallest absolute Gasteiger partial charge is 0.340 e. The number of carboxylic acids is 2. The standard InChI is InChI=1S/C17H15BrFN3O3S.C11H13ClFNO3S.C10H11ClFNO4S.C10H11ClFNO3S.C10H12FNO4S.C8H7ClFNO.C7H5BrN2.C6H5ClFN/c1-2-6-26(24,25)22-14-5-3-4-11(15(14)19)16(23)13-9-21-17-12(13)7-10(18)8-20-17;1-3-6-18(16,17)14-9-5-4-8(12)10(7(2)15)11(9)13;1-2-5-18(16,17)13-7-4-3-6(11)8(9(7)12)10(14)15;1-2-6-17(15,16)13-8-5-3-4-7(9(8)12)10(11)14;1-2-6-17(15,16)12-8-5-3-4-7(9(8)11)10(13)14;1-4(12)7-5(9)2-3-6(11)8(7)10;8-6-3-5-1-2-9-7(5)10-4-6;7-4-1-2-6(9)5(8)3-4/h3-5,7-9,22H,2,6H2,1H3,(H,20,21);4-5,14H,3,6H2,1-2H3;3-4,13H,2,5H2,1H3,(H,14,15);3-5,13H,2,6H2,1H3;3-5,12H,2,6H2,1H3,(H,13,14);2-3H,11H2,1H3;1-4H,(H,9,10);1-3H,9H2. The van der Waals surface area contributed by atoms with E-state index in [1.807, 2.05) is 27.8 Å². The van der Waals surface area contributed by atoms with E-state index in [9.17, 15) is 102 Å². The van der Waals surface area contributed by atoms with E-state index in [1.54, 1.807) is 59.1 Å². The number of carbonyl (C=O) groups is 6. The van der Waals surface area contributed by atoms with Crippen LogP contribution in [0.3, 0.4) is 0 Å². The zero-order valence-electron chi connectivity index (χ0n) is 67.3. The molecule has 0 bridgehead atoms. The Labute approximate surface area is 767 Å². The zero-order chi connectivity index (χ0) is 96.0. The molecule has 29 nitrogen and oxygen atoms in total. The van der Waals surface area contributed by atoms with Crippen molar-refractivity contribution in [2.75, 3.05) is 63.8 Å². The summed E-state index contributed by atoms with van der Waals surface area (Å²) in [5.41, 5.74) is 8.22. The summed E-state index contributed by atoms with van der Waals surface area (Å²) in [6.45, 7) is 10.8. The highest BCUT2D eigenvalue weighted by Crippen LogP contribution is 2.32. The van der Waals surface area contributed by atoms with Crippen molar-refractivity contribution in [1.82, 2.24) is 19.9 Å². The van der Waals surface area contributed by atoms with Gasteiger partial charge in [-0.3, -0.25) is 42.8 Å². The molecule has 48 heteroatoms. The fourth-order valence-corrected chi connectivity index (χ4v) is 17.6. The molecule has 0 atom stereocenters. The molecule has 0 saturated carbocycles. The van der Waals surface area contributed by atoms with Crippen molar-refractivity contribution < 1.29 is 112 Å². The number of nitrogens with one attached hydrogen (secondary N) is 7. The number of sulfonamides is 5. The van der Waals surface area contributed by atoms with Crippen LogP contribution in [-0.2, 0) is 50.1 Å². The molecule has 4 heterocycles. The Morgan fingerprint density at radius 1 is 0.417 bits per heavy atom. The van der Waals surface area contributed by atoms with E-state index in [0.29, 0.717) is 52.6 Å². The number of carbonyl (C=O) groups excluding carboxylic acids is 4. The maximum Gasteiger partial charge on any atom is 0.340 e. The van der Waals surface area contributed by atoms with Crippen molar-refractivity contribution in [2.45, 2.75) is 80.6 Å². The van der Waals surface area contributed by atoms with E-state index >= 15 is 0 Å². The average Bonchev–Trinajstić information content (AvgIpc) is 1.65. The van der Waals surface area contributed by atoms with Gasteiger partial charge >= 0.3 is 11.9 Å². The molecule has 4 aromatic heterocycles. The molecule has 0 aliphatic rings. The fraction of sp³-hybridized carbons (Fsp3) is 0.215. The lowest BCUT2D eigenvalue weighted by Crippen LogP contribution is -2.18. The number of carboxylic acid groups (broad SMARTS) is 2. The minimum absolute atomic E-state index is 0.0431. The van der Waals surface area contributed by atoms with E-state index < -0.39 is 142 Å². The summed E-state index contributed by atoms with van der Waals surface area (Å²) in [5, 5.41) is 18.3. The summed E-state index contributed by atoms with van der Waals surface area (Å²) >= 11 is 34.0. The summed E-state index contributed by atoms with van der Waals surface area (Å²) in [5.74, 6) is -11.6. The lowest BCUT2D eigenvalue weighted by Gasteiger charge is -2.10. The van der Waals surface area contributed by atoms with Crippen molar-refractivity contribution in [1.29, 1.82) is 0 Å². The fourth-order valence-electron chi connectivity index (χ4n) is 10.2. The van der Waals surface area contributed by atoms with Crippen molar-refractivity contribution in [3.63, 3.8) is 0 Å². The van der Waals surface area contributed by atoms with Crippen LogP contribution in [0.5, 0.6) is 0 Å². The molecule has 0 aliphatic carbocycles. The highest BCUT2D eigenvalue weighted by molar-refractivity contribution is 9.10. The average molecular weight is 2100 g/mol. The number of nitrogens with two attached hydrogens (primary N) is 2. The summed E-state index contributed by atoms with van der Waals surface area (Å²) in [6.07, 6.45) is 8.65. The van der Waals surface area contributed by atoms with E-state index in [-0.39, 0.29) is 106 Å². The van der Waals surface area contributed by atoms with E-state index in [2.05, 4.69) is 66.0 Å². The van der Waals surface area contributed by atoms with Gasteiger partial charge in [0.15, 0.2) is 52.3 Å². The van der Waals surface area contributed by atoms with Crippen LogP contribution in [0.1, 0.15) is 148 Å². The summed E-state index contributed by atoms with van der Waals surface area (Å²) in [4.78, 5) is 81.4. The Kier molecular flexibility index (Phi) is 42.9. The van der Waals surface area contributed by atoms with Gasteiger partial charge in [-0.25, -0.2) is 92.4 Å². The molecule has 11 rings (SSSR count). The first-order valence-corrected chi connectivity index (χ1v) is 48.2. The number of aromatic nitrogens is 4. The number of nitrogen functional groups attached to an aromatic ring is 2. The van der Waals surface area contributed by atoms with Crippen LogP contribution < -0.4 is 35.1 Å². The normalized spacial score (nSPS) is 11.0. The second-order valence-corrected chi connectivity index (χ2v) is 38.9. The highest BCUT2D eigenvalue weighted by atomic mass is 79.9. The van der Waals surface area contributed by atoms with Crippen LogP contribution in [-0.4, -0.2) is 136 Å². The molecule has 127 heavy (non-hydrogen) atoms. The Morgan fingerprint density at radius 2 is 0.780 bits per heavy atom. The molecule has 0 fully saturated rings. The summed E-state index contributed by atoms with van der Waals surface area (Å²) < 4.78 is 223. The predicted octanol–water partition coefficient (Wildman–Crippen LogP) is 19.7. The van der Waals surface area contributed by atoms with E-state index in [0.717, 1.165) is 40.6 Å². The third-order valence-corrected chi connectivity index (χ3v) is 25.3. The lowest BCUT2D eigenvalue weighted by molar-refractivity contribution is 0.0681. The van der Waals surface area contributed by atoms with E-state index in [1.165, 1.54) is 98.0 Å². The number of benzene rings is 7. The Bertz CT molecular complexity index is 6260. The second-order valence-electron chi connectivity index (χ2n) is 25.8. The number of halogens is 14. The van der Waals surface area contributed by atoms with Gasteiger partial charge in [0.1, 0.15) is 22.7 Å². The number of hydrogen-bond acceptors (Lipinski definition) is 20. The monoisotopic (exact) mass is 2100 g/mol. The largest absolute Gasteiger partial charge is 0.478 e. The number of fused-ring (bicyclic) bond motifs is 2. The third-order valence-electron chi connectivity index (χ3n) is 15.7. The molecule has 13 N–H and O–H groups in total. The Morgan fingerprint density at radius 3 is 1.17 bits per heavy atom. The number of aromatic amines is 2. The minimum Gasteiger partial charge on any atom is -0.478 e. The first kappa shape index (κ1) is 109. The van der Waals surface area contributed by atoms with Crippen molar-refractivity contribution in [2.24, 2.45) is 0 Å². The van der Waals surface area contributed by atoms with Crippen LogP contribution >= 0.6 is 89.9 Å². The number of ketones is 3. The summed E-state index contributed by atoms with van der Waals surface area (Å²) in [6, 6.07) is 28.6. The van der Waals surface area contributed by atoms with Gasteiger partial charge in [0.2, 0.25) is 50.1 Å². The van der Waals surface area contributed by atoms with Crippen LogP contribution in [0, 0.1) is 40.7 Å². The molecule has 0 radical (unpaired) electrons. The molecule has 0 saturated heterocycles. The number of rotatable bonds is 27. The number of Topliss-reactive ketones (excluding diaryl/α,β-unsaturated/α-hetero) is 2. The molecular weight excluding hydrogens is 2020 g/mol. The van der Waals surface area contributed by atoms with Crippen LogP contribution in [0.2, 0.25) is 20.1 Å².